The molecule has 4 aromatic rings. The quantitative estimate of drug-likeness (QED) is 0.171. The van der Waals surface area contributed by atoms with Crippen LogP contribution in [0.4, 0.5) is 5.69 Å². The van der Waals surface area contributed by atoms with E-state index in [1.807, 2.05) is 29.6 Å². The van der Waals surface area contributed by atoms with Crippen LogP contribution in [-0.4, -0.2) is 49.4 Å². The molecule has 174 valence electrons. The van der Waals surface area contributed by atoms with E-state index in [1.54, 1.807) is 18.2 Å². The zero-order chi connectivity index (χ0) is 23.7. The number of hydrogen-bond acceptors (Lipinski definition) is 5. The van der Waals surface area contributed by atoms with Gasteiger partial charge in [0, 0.05) is 25.2 Å². The van der Waals surface area contributed by atoms with Crippen LogP contribution in [0.2, 0.25) is 0 Å². The van der Waals surface area contributed by atoms with E-state index in [0.29, 0.717) is 11.3 Å². The number of rotatable bonds is 7. The number of carbonyl (C=O) groups excluding carboxylic acids is 1. The van der Waals surface area contributed by atoms with Gasteiger partial charge in [0.2, 0.25) is 0 Å². The molecular weight excluding hydrogens is 430 g/mol. The van der Waals surface area contributed by atoms with E-state index < -0.39 is 4.92 Å². The molecule has 0 amide bonds. The summed E-state index contributed by atoms with van der Waals surface area (Å²) in [5.41, 5.74) is 4.89. The topological polar surface area (TPSA) is 85.7 Å². The Balaban J connectivity index is 1.50. The maximum Gasteiger partial charge on any atom is 0.269 e. The predicted molar refractivity (Wildman–Crippen MR) is 132 cm³/mol. The lowest BCUT2D eigenvalue weighted by Gasteiger charge is -2.26. The Morgan fingerprint density at radius 2 is 1.74 bits per heavy atom. The Morgan fingerprint density at radius 1 is 1.03 bits per heavy atom. The van der Waals surface area contributed by atoms with Crippen molar-refractivity contribution in [3.8, 4) is 0 Å². The lowest BCUT2D eigenvalue weighted by Crippen LogP contribution is -2.32. The van der Waals surface area contributed by atoms with Gasteiger partial charge in [-0.2, -0.15) is 5.10 Å². The lowest BCUT2D eigenvalue weighted by atomic mass is 10.1. The number of benzene rings is 2. The molecule has 0 spiro atoms. The van der Waals surface area contributed by atoms with Crippen LogP contribution in [0.1, 0.15) is 40.9 Å². The second-order valence-corrected chi connectivity index (χ2v) is 8.78. The number of nitrogens with zero attached hydrogens (tertiary/aromatic N) is 5. The summed E-state index contributed by atoms with van der Waals surface area (Å²) < 4.78 is 4.10. The highest BCUT2D eigenvalue weighted by atomic mass is 16.6. The SMILES string of the molecule is Cc1nn2c3ccccc3n(CCN3CCCCC3)c2c1C(=O)/C=C/c1ccc([N+](=O)[O-])cc1. The average molecular weight is 458 g/mol. The van der Waals surface area contributed by atoms with Crippen molar-refractivity contribution in [3.63, 3.8) is 0 Å². The van der Waals surface area contributed by atoms with Gasteiger partial charge in [-0.25, -0.2) is 4.52 Å². The van der Waals surface area contributed by atoms with E-state index in [9.17, 15) is 14.9 Å². The summed E-state index contributed by atoms with van der Waals surface area (Å²) >= 11 is 0. The number of piperidine rings is 1. The molecule has 5 rings (SSSR count). The van der Waals surface area contributed by atoms with E-state index >= 15 is 0 Å². The first kappa shape index (κ1) is 22.0. The zero-order valence-corrected chi connectivity index (χ0v) is 19.2. The van der Waals surface area contributed by atoms with Crippen molar-refractivity contribution in [2.45, 2.75) is 32.7 Å². The molecule has 0 aliphatic carbocycles. The van der Waals surface area contributed by atoms with E-state index in [0.717, 1.165) is 48.4 Å². The van der Waals surface area contributed by atoms with Gasteiger partial charge < -0.3 is 9.47 Å². The Bertz CT molecular complexity index is 1390. The first-order valence-electron chi connectivity index (χ1n) is 11.7. The average Bonchev–Trinajstić information content (AvgIpc) is 3.35. The number of nitro groups is 1. The van der Waals surface area contributed by atoms with Gasteiger partial charge in [0.1, 0.15) is 5.65 Å². The number of aryl methyl sites for hydroxylation is 1. The summed E-state index contributed by atoms with van der Waals surface area (Å²) in [6.07, 6.45) is 7.00. The van der Waals surface area contributed by atoms with Gasteiger partial charge in [0.05, 0.1) is 27.2 Å². The summed E-state index contributed by atoms with van der Waals surface area (Å²) in [5.74, 6) is -0.132. The van der Waals surface area contributed by atoms with Gasteiger partial charge in [-0.3, -0.25) is 14.9 Å². The first-order chi connectivity index (χ1) is 16.5. The zero-order valence-electron chi connectivity index (χ0n) is 19.2. The standard InChI is InChI=1S/C26H27N5O3/c1-19-25(24(32)14-11-20-9-12-21(13-10-20)31(33)34)26-29(18-17-28-15-5-2-6-16-28)22-7-3-4-8-23(22)30(26)27-19/h3-4,7-14H,2,5-6,15-18H2,1H3/b14-11+. The first-order valence-corrected chi connectivity index (χ1v) is 11.7. The van der Waals surface area contributed by atoms with Crippen LogP contribution in [0.15, 0.2) is 54.6 Å². The van der Waals surface area contributed by atoms with E-state index in [4.69, 9.17) is 5.10 Å². The normalized spacial score (nSPS) is 15.0. The van der Waals surface area contributed by atoms with Crippen molar-refractivity contribution >= 4 is 34.2 Å². The summed E-state index contributed by atoms with van der Waals surface area (Å²) in [6.45, 7) is 5.83. The molecular formula is C26H27N5O3. The number of imidazole rings is 1. The molecule has 34 heavy (non-hydrogen) atoms. The van der Waals surface area contributed by atoms with Crippen LogP contribution < -0.4 is 0 Å². The van der Waals surface area contributed by atoms with Crippen molar-refractivity contribution in [2.24, 2.45) is 0 Å². The van der Waals surface area contributed by atoms with Crippen LogP contribution in [0.3, 0.4) is 0 Å². The van der Waals surface area contributed by atoms with Crippen LogP contribution in [0, 0.1) is 17.0 Å². The van der Waals surface area contributed by atoms with Crippen molar-refractivity contribution in [1.82, 2.24) is 19.1 Å². The molecule has 2 aromatic carbocycles. The van der Waals surface area contributed by atoms with Crippen LogP contribution in [0.5, 0.6) is 0 Å². The lowest BCUT2D eigenvalue weighted by molar-refractivity contribution is -0.384. The molecule has 0 atom stereocenters. The smallest absolute Gasteiger partial charge is 0.269 e. The molecule has 8 nitrogen and oxygen atoms in total. The molecule has 2 aromatic heterocycles. The molecule has 0 bridgehead atoms. The number of fused-ring (bicyclic) bond motifs is 3. The largest absolute Gasteiger partial charge is 0.322 e. The van der Waals surface area contributed by atoms with Crippen LogP contribution in [-0.2, 0) is 6.54 Å². The van der Waals surface area contributed by atoms with Gasteiger partial charge in [0.15, 0.2) is 5.78 Å². The maximum atomic E-state index is 13.4. The molecule has 1 fully saturated rings. The molecule has 0 N–H and O–H groups in total. The van der Waals surface area contributed by atoms with Crippen molar-refractivity contribution in [3.05, 3.63) is 81.5 Å². The number of para-hydroxylation sites is 2. The fraction of sp³-hybridized carbons (Fsp3) is 0.308. The molecule has 8 heteroatoms. The minimum Gasteiger partial charge on any atom is -0.322 e. The van der Waals surface area contributed by atoms with Gasteiger partial charge in [0.25, 0.3) is 5.69 Å². The molecule has 1 aliphatic heterocycles. The summed E-state index contributed by atoms with van der Waals surface area (Å²) in [7, 11) is 0. The number of non-ortho nitro benzene ring substituents is 1. The number of carbonyl (C=O) groups is 1. The number of hydrogen-bond donors (Lipinski definition) is 0. The Kier molecular flexibility index (Phi) is 5.98. The maximum absolute atomic E-state index is 13.4. The summed E-state index contributed by atoms with van der Waals surface area (Å²) in [5, 5.41) is 15.6. The third kappa shape index (κ3) is 4.12. The molecule has 1 aliphatic rings. The Labute approximate surface area is 197 Å². The van der Waals surface area contributed by atoms with Gasteiger partial charge >= 0.3 is 0 Å². The summed E-state index contributed by atoms with van der Waals surface area (Å²) in [6, 6.07) is 14.3. The molecule has 0 radical (unpaired) electrons. The third-order valence-electron chi connectivity index (χ3n) is 6.56. The molecule has 3 heterocycles. The highest BCUT2D eigenvalue weighted by molar-refractivity contribution is 6.12. The second kappa shape index (κ2) is 9.23. The number of likely N-dealkylation sites (tertiary alicyclic amines) is 1. The number of aromatic nitrogens is 3. The van der Waals surface area contributed by atoms with E-state index in [1.165, 1.54) is 37.5 Å². The predicted octanol–water partition coefficient (Wildman–Crippen LogP) is 4.89. The highest BCUT2D eigenvalue weighted by Crippen LogP contribution is 2.26. The number of ketones is 1. The highest BCUT2D eigenvalue weighted by Gasteiger charge is 2.23. The second-order valence-electron chi connectivity index (χ2n) is 8.78. The minimum atomic E-state index is -0.436. The Hall–Kier alpha value is -3.78. The Morgan fingerprint density at radius 3 is 2.44 bits per heavy atom. The van der Waals surface area contributed by atoms with E-state index in [-0.39, 0.29) is 11.5 Å². The van der Waals surface area contributed by atoms with Gasteiger partial charge in [-0.05, 0) is 68.8 Å². The van der Waals surface area contributed by atoms with Crippen LogP contribution >= 0.6 is 0 Å². The summed E-state index contributed by atoms with van der Waals surface area (Å²) in [4.78, 5) is 26.3. The monoisotopic (exact) mass is 457 g/mol. The molecule has 1 saturated heterocycles. The van der Waals surface area contributed by atoms with Crippen molar-refractivity contribution in [2.75, 3.05) is 19.6 Å². The fourth-order valence-electron chi connectivity index (χ4n) is 4.82. The van der Waals surface area contributed by atoms with Gasteiger partial charge in [-0.15, -0.1) is 0 Å². The fourth-order valence-corrected chi connectivity index (χ4v) is 4.82. The van der Waals surface area contributed by atoms with Crippen molar-refractivity contribution < 1.29 is 9.72 Å². The molecule has 0 unspecified atom stereocenters. The number of allylic oxidation sites excluding steroid dienone is 1. The third-order valence-corrected chi connectivity index (χ3v) is 6.56. The number of nitro benzene ring substituents is 1. The molecule has 0 saturated carbocycles. The minimum absolute atomic E-state index is 0.0240. The van der Waals surface area contributed by atoms with Crippen LogP contribution in [0.25, 0.3) is 22.8 Å². The van der Waals surface area contributed by atoms with Crippen molar-refractivity contribution in [1.29, 1.82) is 0 Å². The van der Waals surface area contributed by atoms with E-state index in [2.05, 4.69) is 15.5 Å². The van der Waals surface area contributed by atoms with Gasteiger partial charge in [-0.1, -0.05) is 24.6 Å².